The van der Waals surface area contributed by atoms with Crippen molar-refractivity contribution < 1.29 is 13.9 Å². The van der Waals surface area contributed by atoms with Crippen LogP contribution in [0.2, 0.25) is 0 Å². The zero-order valence-electron chi connectivity index (χ0n) is 19.0. The Morgan fingerprint density at radius 3 is 2.55 bits per heavy atom. The molecule has 0 aromatic heterocycles. The number of ether oxygens (including phenoxy) is 1. The Kier molecular flexibility index (Phi) is 8.12. The van der Waals surface area contributed by atoms with E-state index in [1.807, 2.05) is 38.1 Å². The summed E-state index contributed by atoms with van der Waals surface area (Å²) >= 11 is 0. The Balaban J connectivity index is 1.65. The van der Waals surface area contributed by atoms with Crippen LogP contribution in [0.5, 0.6) is 0 Å². The standard InChI is InChI=1S/C23H36FN5O2/c1-4-25-22(27-17-23(9-5-6-10-23)21(30)28(2)3)26-16-18-7-8-20(19(24)15-18)29-11-13-31-14-12-29/h7-8,15H,4-6,9-14,16-17H2,1-3H3,(H2,25,26,27). The number of carbonyl (C=O) groups is 1. The summed E-state index contributed by atoms with van der Waals surface area (Å²) < 4.78 is 20.0. The van der Waals surface area contributed by atoms with Gasteiger partial charge in [0.15, 0.2) is 5.96 Å². The number of benzene rings is 1. The van der Waals surface area contributed by atoms with E-state index in [9.17, 15) is 9.18 Å². The van der Waals surface area contributed by atoms with E-state index >= 15 is 0 Å². The van der Waals surface area contributed by atoms with Crippen molar-refractivity contribution in [2.75, 3.05) is 58.4 Å². The number of hydrogen-bond acceptors (Lipinski definition) is 4. The first-order valence-corrected chi connectivity index (χ1v) is 11.3. The molecule has 1 aliphatic carbocycles. The quantitative estimate of drug-likeness (QED) is 0.510. The minimum absolute atomic E-state index is 0.175. The summed E-state index contributed by atoms with van der Waals surface area (Å²) in [5.74, 6) is 0.598. The monoisotopic (exact) mass is 433 g/mol. The third kappa shape index (κ3) is 5.87. The van der Waals surface area contributed by atoms with E-state index in [1.165, 1.54) is 0 Å². The molecule has 0 atom stereocenters. The van der Waals surface area contributed by atoms with Crippen molar-refractivity contribution in [3.05, 3.63) is 29.6 Å². The molecule has 0 radical (unpaired) electrons. The molecule has 2 fully saturated rings. The number of carbonyl (C=O) groups excluding carboxylic acids is 1. The van der Waals surface area contributed by atoms with Gasteiger partial charge in [-0.05, 0) is 37.5 Å². The Bertz CT molecular complexity index is 771. The second-order valence-corrected chi connectivity index (χ2v) is 8.62. The maximum atomic E-state index is 14.7. The fourth-order valence-corrected chi connectivity index (χ4v) is 4.47. The summed E-state index contributed by atoms with van der Waals surface area (Å²) in [5.41, 5.74) is 1.06. The van der Waals surface area contributed by atoms with Gasteiger partial charge in [-0.25, -0.2) is 9.38 Å². The number of amides is 1. The zero-order valence-corrected chi connectivity index (χ0v) is 19.0. The lowest BCUT2D eigenvalue weighted by Crippen LogP contribution is -2.49. The van der Waals surface area contributed by atoms with Crippen molar-refractivity contribution in [1.82, 2.24) is 15.5 Å². The number of nitrogens with zero attached hydrogens (tertiary/aromatic N) is 3. The highest BCUT2D eigenvalue weighted by molar-refractivity contribution is 5.85. The van der Waals surface area contributed by atoms with Crippen LogP contribution < -0.4 is 15.5 Å². The fourth-order valence-electron chi connectivity index (χ4n) is 4.47. The van der Waals surface area contributed by atoms with Gasteiger partial charge in [0.25, 0.3) is 0 Å². The second-order valence-electron chi connectivity index (χ2n) is 8.62. The highest BCUT2D eigenvalue weighted by atomic mass is 19.1. The van der Waals surface area contributed by atoms with Gasteiger partial charge in [-0.1, -0.05) is 18.9 Å². The van der Waals surface area contributed by atoms with Crippen molar-refractivity contribution >= 4 is 17.6 Å². The van der Waals surface area contributed by atoms with E-state index in [-0.39, 0.29) is 17.1 Å². The van der Waals surface area contributed by atoms with Crippen LogP contribution in [0.25, 0.3) is 0 Å². The number of rotatable bonds is 7. The lowest BCUT2D eigenvalue weighted by molar-refractivity contribution is -0.138. The highest BCUT2D eigenvalue weighted by Gasteiger charge is 2.42. The van der Waals surface area contributed by atoms with Gasteiger partial charge in [-0.3, -0.25) is 4.79 Å². The van der Waals surface area contributed by atoms with Gasteiger partial charge in [0, 0.05) is 40.3 Å². The molecule has 1 aromatic carbocycles. The van der Waals surface area contributed by atoms with Gasteiger partial charge < -0.3 is 25.2 Å². The van der Waals surface area contributed by atoms with Gasteiger partial charge in [-0.2, -0.15) is 0 Å². The minimum atomic E-state index is -0.369. The van der Waals surface area contributed by atoms with Crippen LogP contribution in [0.15, 0.2) is 23.2 Å². The second kappa shape index (κ2) is 10.8. The molecule has 0 unspecified atom stereocenters. The lowest BCUT2D eigenvalue weighted by Gasteiger charge is -2.31. The van der Waals surface area contributed by atoms with Crippen molar-refractivity contribution in [3.63, 3.8) is 0 Å². The van der Waals surface area contributed by atoms with Gasteiger partial charge in [-0.15, -0.1) is 0 Å². The molecule has 3 rings (SSSR count). The number of hydrogen-bond donors (Lipinski definition) is 2. The average Bonchev–Trinajstić information content (AvgIpc) is 3.26. The number of morpholine rings is 1. The molecule has 1 aromatic rings. The van der Waals surface area contributed by atoms with Crippen LogP contribution in [0.3, 0.4) is 0 Å². The largest absolute Gasteiger partial charge is 0.378 e. The smallest absolute Gasteiger partial charge is 0.230 e. The predicted octanol–water partition coefficient (Wildman–Crippen LogP) is 2.37. The van der Waals surface area contributed by atoms with E-state index in [4.69, 9.17) is 4.74 Å². The van der Waals surface area contributed by atoms with Crippen LogP contribution >= 0.6 is 0 Å². The Hall–Kier alpha value is -2.35. The molecule has 1 heterocycles. The lowest BCUT2D eigenvalue weighted by atomic mass is 9.84. The van der Waals surface area contributed by atoms with E-state index in [1.54, 1.807) is 11.0 Å². The Labute approximate surface area is 185 Å². The van der Waals surface area contributed by atoms with Crippen molar-refractivity contribution in [3.8, 4) is 0 Å². The molecule has 1 aliphatic heterocycles. The number of nitrogens with one attached hydrogen (secondary N) is 2. The number of halogens is 1. The minimum Gasteiger partial charge on any atom is -0.378 e. The Morgan fingerprint density at radius 1 is 1.23 bits per heavy atom. The molecular formula is C23H36FN5O2. The first-order chi connectivity index (χ1) is 14.9. The molecule has 2 N–H and O–H groups in total. The van der Waals surface area contributed by atoms with Crippen molar-refractivity contribution in [1.29, 1.82) is 0 Å². The SMILES string of the molecule is CCNC(=NCc1ccc(N2CCOCC2)c(F)c1)NCC1(C(=O)N(C)C)CCCC1. The maximum absolute atomic E-state index is 14.7. The van der Waals surface area contributed by atoms with Gasteiger partial charge in [0.2, 0.25) is 5.91 Å². The molecule has 1 saturated carbocycles. The zero-order chi connectivity index (χ0) is 22.3. The summed E-state index contributed by atoms with van der Waals surface area (Å²) in [6.07, 6.45) is 3.93. The summed E-state index contributed by atoms with van der Waals surface area (Å²) in [7, 11) is 3.63. The van der Waals surface area contributed by atoms with Crippen LogP contribution in [0.1, 0.15) is 38.2 Å². The molecule has 0 spiro atoms. The molecule has 7 nitrogen and oxygen atoms in total. The van der Waals surface area contributed by atoms with Crippen LogP contribution in [-0.2, 0) is 16.1 Å². The van der Waals surface area contributed by atoms with E-state index in [0.29, 0.717) is 57.6 Å². The molecule has 172 valence electrons. The van der Waals surface area contributed by atoms with Crippen LogP contribution in [0, 0.1) is 11.2 Å². The summed E-state index contributed by atoms with van der Waals surface area (Å²) in [4.78, 5) is 21.1. The molecule has 2 aliphatic rings. The first-order valence-electron chi connectivity index (χ1n) is 11.3. The summed E-state index contributed by atoms with van der Waals surface area (Å²) in [5, 5.41) is 6.60. The Morgan fingerprint density at radius 2 is 1.94 bits per heavy atom. The van der Waals surface area contributed by atoms with Crippen molar-refractivity contribution in [2.45, 2.75) is 39.2 Å². The number of aliphatic imine (C=N–C) groups is 1. The van der Waals surface area contributed by atoms with E-state index in [2.05, 4.69) is 15.6 Å². The van der Waals surface area contributed by atoms with Crippen LogP contribution in [0.4, 0.5) is 10.1 Å². The molecule has 8 heteroatoms. The summed E-state index contributed by atoms with van der Waals surface area (Å²) in [6, 6.07) is 5.32. The third-order valence-electron chi connectivity index (χ3n) is 6.14. The van der Waals surface area contributed by atoms with Gasteiger partial charge in [0.1, 0.15) is 5.82 Å². The third-order valence-corrected chi connectivity index (χ3v) is 6.14. The normalized spacial score (nSPS) is 18.7. The molecular weight excluding hydrogens is 397 g/mol. The number of guanidine groups is 1. The molecule has 1 saturated heterocycles. The average molecular weight is 434 g/mol. The van der Waals surface area contributed by atoms with Gasteiger partial charge >= 0.3 is 0 Å². The van der Waals surface area contributed by atoms with E-state index < -0.39 is 0 Å². The molecule has 1 amide bonds. The first kappa shape index (κ1) is 23.3. The highest BCUT2D eigenvalue weighted by Crippen LogP contribution is 2.38. The predicted molar refractivity (Wildman–Crippen MR) is 122 cm³/mol. The summed E-state index contributed by atoms with van der Waals surface area (Å²) in [6.45, 7) is 6.30. The van der Waals surface area contributed by atoms with Crippen molar-refractivity contribution in [2.24, 2.45) is 10.4 Å². The number of anilines is 1. The maximum Gasteiger partial charge on any atom is 0.230 e. The van der Waals surface area contributed by atoms with E-state index in [0.717, 1.165) is 31.2 Å². The van der Waals surface area contributed by atoms with Gasteiger partial charge in [0.05, 0.1) is 30.9 Å². The fraction of sp³-hybridized carbons (Fsp3) is 0.652. The molecule has 0 bridgehead atoms. The molecule has 31 heavy (non-hydrogen) atoms. The topological polar surface area (TPSA) is 69.2 Å². The van der Waals surface area contributed by atoms with Crippen LogP contribution in [-0.4, -0.2) is 70.3 Å².